The van der Waals surface area contributed by atoms with Crippen molar-refractivity contribution in [3.8, 4) is 0 Å². The van der Waals surface area contributed by atoms with E-state index in [2.05, 4.69) is 0 Å². The second kappa shape index (κ2) is 8.32. The number of hydrogen-bond acceptors (Lipinski definition) is 3. The van der Waals surface area contributed by atoms with Gasteiger partial charge in [-0.25, -0.2) is 4.39 Å². The van der Waals surface area contributed by atoms with E-state index in [1.165, 1.54) is 11.0 Å². The molecule has 4 nitrogen and oxygen atoms in total. The molecule has 1 unspecified atom stereocenters. The van der Waals surface area contributed by atoms with E-state index in [-0.39, 0.29) is 36.6 Å². The summed E-state index contributed by atoms with van der Waals surface area (Å²) in [5.41, 5.74) is 6.55. The molecule has 2 rings (SSSR count). The SMILES string of the molecule is CN(Cc1ccccc1F)C(=O)C(N)C1CCOCC1.Cl. The Morgan fingerprint density at radius 3 is 2.67 bits per heavy atom. The molecule has 1 aliphatic rings. The lowest BCUT2D eigenvalue weighted by molar-refractivity contribution is -0.133. The van der Waals surface area contributed by atoms with Gasteiger partial charge in [-0.1, -0.05) is 18.2 Å². The topological polar surface area (TPSA) is 55.6 Å². The van der Waals surface area contributed by atoms with Crippen molar-refractivity contribution in [3.05, 3.63) is 35.6 Å². The summed E-state index contributed by atoms with van der Waals surface area (Å²) in [7, 11) is 1.66. The molecule has 0 spiro atoms. The summed E-state index contributed by atoms with van der Waals surface area (Å²) in [4.78, 5) is 13.8. The highest BCUT2D eigenvalue weighted by atomic mass is 35.5. The molecule has 0 radical (unpaired) electrons. The van der Waals surface area contributed by atoms with Gasteiger partial charge in [0, 0.05) is 32.4 Å². The average Bonchev–Trinajstić information content (AvgIpc) is 2.49. The van der Waals surface area contributed by atoms with E-state index < -0.39 is 6.04 Å². The number of likely N-dealkylation sites (N-methyl/N-ethyl adjacent to an activating group) is 1. The fourth-order valence-electron chi connectivity index (χ4n) is 2.49. The second-order valence-electron chi connectivity index (χ2n) is 5.26. The van der Waals surface area contributed by atoms with Gasteiger partial charge in [-0.05, 0) is 24.8 Å². The van der Waals surface area contributed by atoms with E-state index >= 15 is 0 Å². The van der Waals surface area contributed by atoms with Crippen molar-refractivity contribution in [1.82, 2.24) is 4.90 Å². The Hall–Kier alpha value is -1.17. The van der Waals surface area contributed by atoms with Crippen molar-refractivity contribution in [3.63, 3.8) is 0 Å². The average molecular weight is 317 g/mol. The molecular formula is C15H22ClFN2O2. The second-order valence-corrected chi connectivity index (χ2v) is 5.26. The van der Waals surface area contributed by atoms with Crippen molar-refractivity contribution < 1.29 is 13.9 Å². The molecule has 118 valence electrons. The Labute approximate surface area is 130 Å². The summed E-state index contributed by atoms with van der Waals surface area (Å²) < 4.78 is 18.9. The lowest BCUT2D eigenvalue weighted by atomic mass is 9.91. The maximum atomic E-state index is 13.6. The van der Waals surface area contributed by atoms with Gasteiger partial charge in [0.05, 0.1) is 6.04 Å². The molecule has 1 heterocycles. The monoisotopic (exact) mass is 316 g/mol. The lowest BCUT2D eigenvalue weighted by Crippen LogP contribution is -2.47. The molecule has 0 aromatic heterocycles. The van der Waals surface area contributed by atoms with Crippen LogP contribution in [0.5, 0.6) is 0 Å². The van der Waals surface area contributed by atoms with E-state index in [0.717, 1.165) is 12.8 Å². The van der Waals surface area contributed by atoms with Crippen LogP contribution in [0.15, 0.2) is 24.3 Å². The Morgan fingerprint density at radius 2 is 2.05 bits per heavy atom. The third kappa shape index (κ3) is 4.66. The number of hydrogen-bond donors (Lipinski definition) is 1. The standard InChI is InChI=1S/C15H21FN2O2.ClH/c1-18(10-12-4-2-3-5-13(12)16)15(19)14(17)11-6-8-20-9-7-11;/h2-5,11,14H,6-10,17H2,1H3;1H. The predicted molar refractivity (Wildman–Crippen MR) is 81.6 cm³/mol. The summed E-state index contributed by atoms with van der Waals surface area (Å²) in [6.45, 7) is 1.55. The smallest absolute Gasteiger partial charge is 0.239 e. The van der Waals surface area contributed by atoms with Gasteiger partial charge in [0.15, 0.2) is 0 Å². The largest absolute Gasteiger partial charge is 0.381 e. The fraction of sp³-hybridized carbons (Fsp3) is 0.533. The van der Waals surface area contributed by atoms with E-state index in [9.17, 15) is 9.18 Å². The van der Waals surface area contributed by atoms with Crippen LogP contribution in [0.2, 0.25) is 0 Å². The van der Waals surface area contributed by atoms with Gasteiger partial charge in [0.2, 0.25) is 5.91 Å². The van der Waals surface area contributed by atoms with Crippen molar-refractivity contribution >= 4 is 18.3 Å². The van der Waals surface area contributed by atoms with Crippen LogP contribution in [0.4, 0.5) is 4.39 Å². The number of ether oxygens (including phenoxy) is 1. The molecule has 21 heavy (non-hydrogen) atoms. The number of carbonyl (C=O) groups is 1. The molecule has 1 atom stereocenters. The van der Waals surface area contributed by atoms with Crippen LogP contribution in [0, 0.1) is 11.7 Å². The first kappa shape index (κ1) is 17.9. The van der Waals surface area contributed by atoms with Gasteiger partial charge in [0.1, 0.15) is 5.82 Å². The Balaban J connectivity index is 0.00000220. The predicted octanol–water partition coefficient (Wildman–Crippen LogP) is 1.96. The van der Waals surface area contributed by atoms with Crippen LogP contribution >= 0.6 is 12.4 Å². The van der Waals surface area contributed by atoms with Crippen LogP contribution in [0.25, 0.3) is 0 Å². The molecule has 0 saturated carbocycles. The summed E-state index contributed by atoms with van der Waals surface area (Å²) in [5, 5.41) is 0. The molecular weight excluding hydrogens is 295 g/mol. The quantitative estimate of drug-likeness (QED) is 0.924. The molecule has 1 amide bonds. The molecule has 1 saturated heterocycles. The van der Waals surface area contributed by atoms with E-state index in [4.69, 9.17) is 10.5 Å². The van der Waals surface area contributed by atoms with Gasteiger partial charge >= 0.3 is 0 Å². The minimum atomic E-state index is -0.532. The van der Waals surface area contributed by atoms with Crippen molar-refractivity contribution in [2.45, 2.75) is 25.4 Å². The summed E-state index contributed by atoms with van der Waals surface area (Å²) in [5.74, 6) is -0.286. The lowest BCUT2D eigenvalue weighted by Gasteiger charge is -2.29. The minimum absolute atomic E-state index is 0. The van der Waals surface area contributed by atoms with Gasteiger partial charge in [-0.2, -0.15) is 0 Å². The number of rotatable bonds is 4. The van der Waals surface area contributed by atoms with E-state index in [0.29, 0.717) is 18.8 Å². The van der Waals surface area contributed by atoms with Crippen LogP contribution in [-0.4, -0.2) is 37.1 Å². The number of carbonyl (C=O) groups excluding carboxylic acids is 1. The van der Waals surface area contributed by atoms with Gasteiger partial charge < -0.3 is 15.4 Å². The summed E-state index contributed by atoms with van der Waals surface area (Å²) in [6, 6.07) is 5.94. The summed E-state index contributed by atoms with van der Waals surface area (Å²) in [6.07, 6.45) is 1.61. The molecule has 2 N–H and O–H groups in total. The molecule has 6 heteroatoms. The number of halogens is 2. The molecule has 0 aliphatic carbocycles. The first-order valence-corrected chi connectivity index (χ1v) is 6.91. The maximum absolute atomic E-state index is 13.6. The number of nitrogens with two attached hydrogens (primary N) is 1. The van der Waals surface area contributed by atoms with E-state index in [1.54, 1.807) is 25.2 Å². The van der Waals surface area contributed by atoms with E-state index in [1.807, 2.05) is 0 Å². The van der Waals surface area contributed by atoms with Gasteiger partial charge in [-0.3, -0.25) is 4.79 Å². The van der Waals surface area contributed by atoms with Crippen molar-refractivity contribution in [2.75, 3.05) is 20.3 Å². The fourth-order valence-corrected chi connectivity index (χ4v) is 2.49. The van der Waals surface area contributed by atoms with Crippen LogP contribution in [0.1, 0.15) is 18.4 Å². The highest BCUT2D eigenvalue weighted by Crippen LogP contribution is 2.19. The first-order valence-electron chi connectivity index (χ1n) is 6.91. The van der Waals surface area contributed by atoms with Crippen molar-refractivity contribution in [2.24, 2.45) is 11.7 Å². The zero-order valence-electron chi connectivity index (χ0n) is 12.1. The zero-order valence-corrected chi connectivity index (χ0v) is 12.9. The van der Waals surface area contributed by atoms with Crippen LogP contribution < -0.4 is 5.73 Å². The molecule has 1 aromatic carbocycles. The third-order valence-electron chi connectivity index (χ3n) is 3.80. The molecule has 1 aromatic rings. The highest BCUT2D eigenvalue weighted by Gasteiger charge is 2.28. The molecule has 1 aliphatic heterocycles. The molecule has 0 bridgehead atoms. The summed E-state index contributed by atoms with van der Waals surface area (Å²) >= 11 is 0. The highest BCUT2D eigenvalue weighted by molar-refractivity contribution is 5.85. The first-order chi connectivity index (χ1) is 9.59. The van der Waals surface area contributed by atoms with Crippen LogP contribution in [0.3, 0.4) is 0 Å². The van der Waals surface area contributed by atoms with Crippen molar-refractivity contribution in [1.29, 1.82) is 0 Å². The third-order valence-corrected chi connectivity index (χ3v) is 3.80. The van der Waals surface area contributed by atoms with Gasteiger partial charge in [0.25, 0.3) is 0 Å². The number of amides is 1. The Morgan fingerprint density at radius 1 is 1.43 bits per heavy atom. The zero-order chi connectivity index (χ0) is 14.5. The Kier molecular flexibility index (Phi) is 7.08. The minimum Gasteiger partial charge on any atom is -0.381 e. The molecule has 1 fully saturated rings. The number of nitrogens with zero attached hydrogens (tertiary/aromatic N) is 1. The number of benzene rings is 1. The normalized spacial score (nSPS) is 16.9. The maximum Gasteiger partial charge on any atom is 0.239 e. The van der Waals surface area contributed by atoms with Gasteiger partial charge in [-0.15, -0.1) is 12.4 Å². The Bertz CT molecular complexity index is 467. The van der Waals surface area contributed by atoms with Crippen LogP contribution in [-0.2, 0) is 16.1 Å².